The number of alkyl halides is 4. The van der Waals surface area contributed by atoms with Crippen molar-refractivity contribution in [2.45, 2.75) is 70.0 Å². The SMILES string of the molecule is CC(C)[C@H]1CN(C)CCN1Cc1cc2c(c(C(F)(F)F)c1)CN(c1cc(C3([C@H](F)c4nncn4C)CCC3)cc(NCCO)n1)C2=O. The molecule has 2 aliphatic heterocycles. The predicted molar refractivity (Wildman–Crippen MR) is 169 cm³/mol. The number of carbonyl (C=O) groups excluding carboxylic acids is 1. The van der Waals surface area contributed by atoms with Gasteiger partial charge in [-0.2, -0.15) is 13.2 Å². The van der Waals surface area contributed by atoms with Gasteiger partial charge in [0.15, 0.2) is 12.0 Å². The average molecular weight is 659 g/mol. The van der Waals surface area contributed by atoms with Gasteiger partial charge in [-0.3, -0.25) is 14.6 Å². The largest absolute Gasteiger partial charge is 0.416 e. The second kappa shape index (κ2) is 12.8. The van der Waals surface area contributed by atoms with Crippen molar-refractivity contribution < 1.29 is 27.5 Å². The van der Waals surface area contributed by atoms with Gasteiger partial charge < -0.3 is 19.9 Å². The summed E-state index contributed by atoms with van der Waals surface area (Å²) in [5, 5.41) is 20.3. The molecule has 0 radical (unpaired) electrons. The lowest BCUT2D eigenvalue weighted by Crippen LogP contribution is -2.53. The number of aliphatic hydroxyl groups excluding tert-OH is 1. The van der Waals surface area contributed by atoms with Crippen LogP contribution in [0.25, 0.3) is 0 Å². The third-order valence-electron chi connectivity index (χ3n) is 10.1. The zero-order valence-corrected chi connectivity index (χ0v) is 27.2. The van der Waals surface area contributed by atoms with Gasteiger partial charge in [-0.25, -0.2) is 9.37 Å². The zero-order chi connectivity index (χ0) is 33.7. The molecule has 6 rings (SSSR count). The van der Waals surface area contributed by atoms with E-state index < -0.39 is 29.2 Å². The standard InChI is InChI=1S/C33H42F4N8O2/c1-20(2)26-18-42(3)9-10-44(26)16-21-12-23-24(25(13-21)33(35,36)37)17-45(31(23)47)28-15-22(14-27(40-28)38-8-11-46)32(6-5-7-32)29(34)30-41-39-19-43(30)4/h12-15,19-20,26,29,46H,5-11,16-18H2,1-4H3,(H,38,40)/t26-,29-/m1/s1. The number of hydrogen-bond donors (Lipinski definition) is 2. The number of hydrogen-bond acceptors (Lipinski definition) is 8. The highest BCUT2D eigenvalue weighted by molar-refractivity contribution is 6.10. The molecule has 1 aliphatic carbocycles. The molecule has 0 spiro atoms. The van der Waals surface area contributed by atoms with Gasteiger partial charge in [-0.15, -0.1) is 10.2 Å². The van der Waals surface area contributed by atoms with Crippen molar-refractivity contribution in [2.75, 3.05) is 50.1 Å². The van der Waals surface area contributed by atoms with Crippen molar-refractivity contribution in [3.8, 4) is 0 Å². The third-order valence-corrected chi connectivity index (χ3v) is 10.1. The van der Waals surface area contributed by atoms with E-state index in [0.717, 1.165) is 19.5 Å². The Balaban J connectivity index is 1.38. The molecular weight excluding hydrogens is 616 g/mol. The van der Waals surface area contributed by atoms with Crippen LogP contribution in [0.3, 0.4) is 0 Å². The van der Waals surface area contributed by atoms with E-state index in [1.54, 1.807) is 25.2 Å². The van der Waals surface area contributed by atoms with E-state index in [-0.39, 0.29) is 48.5 Å². The molecule has 14 heteroatoms. The summed E-state index contributed by atoms with van der Waals surface area (Å²) in [6.07, 6.45) is -2.98. The number of amides is 1. The number of pyridine rings is 1. The first-order valence-electron chi connectivity index (χ1n) is 16.1. The van der Waals surface area contributed by atoms with Gasteiger partial charge in [0.25, 0.3) is 5.91 Å². The van der Waals surface area contributed by atoms with Crippen LogP contribution in [-0.4, -0.2) is 86.4 Å². The van der Waals surface area contributed by atoms with Gasteiger partial charge in [-0.1, -0.05) is 20.3 Å². The number of fused-ring (bicyclic) bond motifs is 1. The molecule has 2 fully saturated rings. The van der Waals surface area contributed by atoms with Crippen molar-refractivity contribution in [3.05, 3.63) is 64.2 Å². The van der Waals surface area contributed by atoms with Crippen LogP contribution in [0.5, 0.6) is 0 Å². The molecule has 1 amide bonds. The summed E-state index contributed by atoms with van der Waals surface area (Å²) in [4.78, 5) is 24.3. The van der Waals surface area contributed by atoms with Gasteiger partial charge in [0, 0.05) is 56.8 Å². The Morgan fingerprint density at radius 2 is 1.89 bits per heavy atom. The van der Waals surface area contributed by atoms with Crippen LogP contribution < -0.4 is 10.2 Å². The lowest BCUT2D eigenvalue weighted by Gasteiger charge is -2.44. The molecule has 3 aliphatic rings. The summed E-state index contributed by atoms with van der Waals surface area (Å²) in [5.74, 6) is 0.291. The number of benzene rings is 1. The lowest BCUT2D eigenvalue weighted by molar-refractivity contribution is -0.138. The summed E-state index contributed by atoms with van der Waals surface area (Å²) in [6.45, 7) is 6.47. The molecule has 254 valence electrons. The molecule has 2 aromatic heterocycles. The van der Waals surface area contributed by atoms with Gasteiger partial charge in [0.1, 0.15) is 18.0 Å². The summed E-state index contributed by atoms with van der Waals surface area (Å²) in [7, 11) is 3.71. The highest BCUT2D eigenvalue weighted by Gasteiger charge is 2.50. The molecule has 1 saturated carbocycles. The number of carbonyl (C=O) groups is 1. The van der Waals surface area contributed by atoms with Gasteiger partial charge >= 0.3 is 6.18 Å². The summed E-state index contributed by atoms with van der Waals surface area (Å²) in [5.41, 5.74) is -0.909. The van der Waals surface area contributed by atoms with Crippen LogP contribution >= 0.6 is 0 Å². The Morgan fingerprint density at radius 1 is 1.13 bits per heavy atom. The monoisotopic (exact) mass is 658 g/mol. The van der Waals surface area contributed by atoms with Crippen molar-refractivity contribution in [1.82, 2.24) is 29.5 Å². The summed E-state index contributed by atoms with van der Waals surface area (Å²) in [6, 6.07) is 6.24. The normalized spacial score (nSPS) is 20.9. The Labute approximate surface area is 271 Å². The van der Waals surface area contributed by atoms with E-state index >= 15 is 4.39 Å². The summed E-state index contributed by atoms with van der Waals surface area (Å²) >= 11 is 0. The molecule has 2 N–H and O–H groups in total. The highest BCUT2D eigenvalue weighted by Crippen LogP contribution is 2.54. The molecule has 10 nitrogen and oxygen atoms in total. The van der Waals surface area contributed by atoms with Crippen molar-refractivity contribution in [3.63, 3.8) is 0 Å². The first-order valence-corrected chi connectivity index (χ1v) is 16.1. The van der Waals surface area contributed by atoms with Gasteiger partial charge in [0.2, 0.25) is 0 Å². The van der Waals surface area contributed by atoms with Crippen LogP contribution in [0.1, 0.15) is 77.7 Å². The fraction of sp³-hybridized carbons (Fsp3) is 0.576. The number of rotatable bonds is 10. The summed E-state index contributed by atoms with van der Waals surface area (Å²) < 4.78 is 61.6. The Hall–Kier alpha value is -3.62. The number of nitrogens with zero attached hydrogens (tertiary/aromatic N) is 7. The Bertz CT molecular complexity index is 1620. The maximum atomic E-state index is 16.3. The number of aliphatic hydroxyl groups is 1. The molecule has 0 unspecified atom stereocenters. The molecule has 4 heterocycles. The molecule has 3 aromatic rings. The van der Waals surface area contributed by atoms with Crippen LogP contribution in [0, 0.1) is 5.92 Å². The van der Waals surface area contributed by atoms with Gasteiger partial charge in [-0.05, 0) is 66.8 Å². The fourth-order valence-electron chi connectivity index (χ4n) is 7.28. The Morgan fingerprint density at radius 3 is 2.51 bits per heavy atom. The van der Waals surface area contributed by atoms with E-state index in [2.05, 4.69) is 44.1 Å². The molecule has 2 atom stereocenters. The number of aromatic nitrogens is 4. The molecule has 1 aromatic carbocycles. The van der Waals surface area contributed by atoms with Gasteiger partial charge in [0.05, 0.1) is 18.7 Å². The van der Waals surface area contributed by atoms with Crippen LogP contribution in [-0.2, 0) is 31.7 Å². The lowest BCUT2D eigenvalue weighted by atomic mass is 9.61. The van der Waals surface area contributed by atoms with Crippen LogP contribution in [0.2, 0.25) is 0 Å². The fourth-order valence-corrected chi connectivity index (χ4v) is 7.28. The van der Waals surface area contributed by atoms with E-state index in [1.165, 1.54) is 21.9 Å². The topological polar surface area (TPSA) is 103 Å². The number of aryl methyl sites for hydroxylation is 1. The molecular formula is C33H42F4N8O2. The van der Waals surface area contributed by atoms with E-state index in [9.17, 15) is 23.1 Å². The maximum Gasteiger partial charge on any atom is 0.416 e. The number of anilines is 2. The van der Waals surface area contributed by atoms with Crippen LogP contribution in [0.15, 0.2) is 30.6 Å². The zero-order valence-electron chi connectivity index (χ0n) is 27.2. The number of nitrogens with one attached hydrogen (secondary N) is 1. The first kappa shape index (κ1) is 33.3. The average Bonchev–Trinajstić information content (AvgIpc) is 3.58. The number of piperazine rings is 1. The minimum atomic E-state index is -4.67. The molecule has 47 heavy (non-hydrogen) atoms. The minimum absolute atomic E-state index is 0.00271. The van der Waals surface area contributed by atoms with Crippen molar-refractivity contribution in [2.24, 2.45) is 13.0 Å². The van der Waals surface area contributed by atoms with E-state index in [0.29, 0.717) is 48.8 Å². The van der Waals surface area contributed by atoms with E-state index in [1.807, 2.05) is 7.05 Å². The third kappa shape index (κ3) is 6.22. The van der Waals surface area contributed by atoms with Crippen molar-refractivity contribution in [1.29, 1.82) is 0 Å². The molecule has 1 saturated heterocycles. The predicted octanol–water partition coefficient (Wildman–Crippen LogP) is 4.70. The number of halogens is 4. The van der Waals surface area contributed by atoms with Crippen LogP contribution in [0.4, 0.5) is 29.2 Å². The second-order valence-corrected chi connectivity index (χ2v) is 13.5. The maximum absolute atomic E-state index is 16.3. The van der Waals surface area contributed by atoms with Crippen molar-refractivity contribution >= 4 is 17.5 Å². The smallest absolute Gasteiger partial charge is 0.395 e. The Kier molecular flexibility index (Phi) is 9.05. The first-order chi connectivity index (χ1) is 22.3. The minimum Gasteiger partial charge on any atom is -0.395 e. The van der Waals surface area contributed by atoms with E-state index in [4.69, 9.17) is 0 Å². The molecule has 0 bridgehead atoms. The second-order valence-electron chi connectivity index (χ2n) is 13.5. The number of likely N-dealkylation sites (N-methyl/N-ethyl adjacent to an activating group) is 1. The quantitative estimate of drug-likeness (QED) is 0.303. The highest BCUT2D eigenvalue weighted by atomic mass is 19.4.